The Bertz CT molecular complexity index is 527. The van der Waals surface area contributed by atoms with Crippen LogP contribution in [0.25, 0.3) is 0 Å². The lowest BCUT2D eigenvalue weighted by Crippen LogP contribution is -2.62. The number of hydrogen-bond donors (Lipinski definition) is 2. The summed E-state index contributed by atoms with van der Waals surface area (Å²) >= 11 is 0. The molecule has 0 saturated carbocycles. The van der Waals surface area contributed by atoms with Gasteiger partial charge in [0.25, 0.3) is 5.60 Å². The first-order valence-electron chi connectivity index (χ1n) is 9.05. The molecule has 0 amide bonds. The average molecular weight is 400 g/mol. The fraction of sp³-hybridized carbons (Fsp3) is 0.684. The fourth-order valence-electron chi connectivity index (χ4n) is 3.20. The van der Waals surface area contributed by atoms with E-state index in [0.29, 0.717) is 12.8 Å². The van der Waals surface area contributed by atoms with Gasteiger partial charge in [0.1, 0.15) is 0 Å². The number of unbranched alkanes of at least 4 members (excludes halogenated alkanes) is 5. The molecular formula is C19H26F6O2. The molecule has 0 saturated heterocycles. The number of aliphatic hydroxyl groups is 2. The average Bonchev–Trinajstić information content (AvgIpc) is 2.59. The number of benzene rings is 1. The van der Waals surface area contributed by atoms with Gasteiger partial charge in [-0.15, -0.1) is 0 Å². The predicted molar refractivity (Wildman–Crippen MR) is 89.9 cm³/mol. The molecule has 0 aliphatic carbocycles. The molecule has 0 fully saturated rings. The summed E-state index contributed by atoms with van der Waals surface area (Å²) in [5.74, 6) is -2.45. The van der Waals surface area contributed by atoms with Gasteiger partial charge in [-0.2, -0.15) is 26.3 Å². The summed E-state index contributed by atoms with van der Waals surface area (Å²) in [6, 6.07) is 6.82. The minimum absolute atomic E-state index is 0.0484. The largest absolute Gasteiger partial charge is 0.426 e. The lowest BCUT2D eigenvalue weighted by molar-refractivity contribution is -0.392. The fourth-order valence-corrected chi connectivity index (χ4v) is 3.20. The van der Waals surface area contributed by atoms with Crippen molar-refractivity contribution in [1.82, 2.24) is 0 Å². The van der Waals surface area contributed by atoms with Crippen LogP contribution in [0.2, 0.25) is 0 Å². The monoisotopic (exact) mass is 400 g/mol. The Morgan fingerprint density at radius 2 is 1.30 bits per heavy atom. The number of hydrogen-bond acceptors (Lipinski definition) is 2. The molecular weight excluding hydrogens is 374 g/mol. The smallest absolute Gasteiger partial charge is 0.388 e. The van der Waals surface area contributed by atoms with Gasteiger partial charge in [0.05, 0.1) is 6.10 Å². The van der Waals surface area contributed by atoms with Crippen LogP contribution >= 0.6 is 0 Å². The highest BCUT2D eigenvalue weighted by atomic mass is 19.4. The zero-order valence-electron chi connectivity index (χ0n) is 15.2. The summed E-state index contributed by atoms with van der Waals surface area (Å²) in [7, 11) is 0. The molecule has 156 valence electrons. The summed E-state index contributed by atoms with van der Waals surface area (Å²) in [6.07, 6.45) is -10.7. The second-order valence-corrected chi connectivity index (χ2v) is 6.78. The Hall–Kier alpha value is -1.28. The van der Waals surface area contributed by atoms with Crippen molar-refractivity contribution in [2.24, 2.45) is 5.92 Å². The third-order valence-electron chi connectivity index (χ3n) is 4.79. The molecule has 0 aliphatic rings. The Kier molecular flexibility index (Phi) is 8.60. The molecule has 2 unspecified atom stereocenters. The van der Waals surface area contributed by atoms with Crippen LogP contribution in [0.3, 0.4) is 0 Å². The van der Waals surface area contributed by atoms with Crippen molar-refractivity contribution < 1.29 is 36.6 Å². The molecule has 0 aliphatic heterocycles. The molecule has 2 atom stereocenters. The maximum Gasteiger partial charge on any atom is 0.426 e. The molecule has 0 spiro atoms. The van der Waals surface area contributed by atoms with Crippen molar-refractivity contribution in [3.8, 4) is 0 Å². The highest BCUT2D eigenvalue weighted by Crippen LogP contribution is 2.52. The Balaban J connectivity index is 3.12. The molecule has 2 N–H and O–H groups in total. The van der Waals surface area contributed by atoms with Crippen LogP contribution in [-0.2, 0) is 0 Å². The first-order chi connectivity index (χ1) is 12.5. The first-order valence-corrected chi connectivity index (χ1v) is 9.05. The molecule has 1 rings (SSSR count). The van der Waals surface area contributed by atoms with Crippen molar-refractivity contribution in [3.63, 3.8) is 0 Å². The molecule has 1 aromatic rings. The second kappa shape index (κ2) is 9.78. The highest BCUT2D eigenvalue weighted by molar-refractivity contribution is 5.20. The van der Waals surface area contributed by atoms with E-state index in [-0.39, 0.29) is 12.0 Å². The van der Waals surface area contributed by atoms with Crippen molar-refractivity contribution >= 4 is 0 Å². The summed E-state index contributed by atoms with van der Waals surface area (Å²) in [4.78, 5) is 0. The van der Waals surface area contributed by atoms with E-state index in [1.165, 1.54) is 30.3 Å². The van der Waals surface area contributed by atoms with Crippen molar-refractivity contribution in [2.75, 3.05) is 0 Å². The van der Waals surface area contributed by atoms with E-state index >= 15 is 0 Å². The van der Waals surface area contributed by atoms with Crippen LogP contribution in [-0.4, -0.2) is 28.2 Å². The van der Waals surface area contributed by atoms with Crippen LogP contribution in [0.4, 0.5) is 26.3 Å². The summed E-state index contributed by atoms with van der Waals surface area (Å²) in [6.45, 7) is 1.99. The van der Waals surface area contributed by atoms with E-state index in [1.54, 1.807) is 0 Å². The van der Waals surface area contributed by atoms with Crippen LogP contribution in [0.15, 0.2) is 30.3 Å². The van der Waals surface area contributed by atoms with Crippen LogP contribution in [0, 0.1) is 5.92 Å². The maximum absolute atomic E-state index is 13.3. The second-order valence-electron chi connectivity index (χ2n) is 6.78. The zero-order valence-corrected chi connectivity index (χ0v) is 15.2. The molecule has 8 heteroatoms. The molecule has 27 heavy (non-hydrogen) atoms. The third-order valence-corrected chi connectivity index (χ3v) is 4.79. The van der Waals surface area contributed by atoms with Crippen LogP contribution in [0.1, 0.15) is 63.5 Å². The van der Waals surface area contributed by atoms with Crippen molar-refractivity contribution in [1.29, 1.82) is 0 Å². The van der Waals surface area contributed by atoms with E-state index in [2.05, 4.69) is 0 Å². The Labute approximate surface area is 155 Å². The molecule has 0 bridgehead atoms. The van der Waals surface area contributed by atoms with Gasteiger partial charge in [0.2, 0.25) is 0 Å². The van der Waals surface area contributed by atoms with Gasteiger partial charge in [-0.3, -0.25) is 0 Å². The Morgan fingerprint density at radius 1 is 0.815 bits per heavy atom. The van der Waals surface area contributed by atoms with Gasteiger partial charge in [0, 0.05) is 5.92 Å². The van der Waals surface area contributed by atoms with Gasteiger partial charge in [-0.1, -0.05) is 75.8 Å². The SMILES string of the molecule is CCCCCCCCC(C(O)c1ccccc1)C(O)(C(F)(F)F)C(F)(F)F. The molecule has 0 radical (unpaired) electrons. The number of aliphatic hydroxyl groups excluding tert-OH is 1. The minimum atomic E-state index is -5.96. The standard InChI is InChI=1S/C19H26F6O2/c1-2-3-4-5-6-10-13-15(16(26)14-11-8-7-9-12-14)17(27,18(20,21)22)19(23,24)25/h7-9,11-12,15-16,26-27H,2-6,10,13H2,1H3. The summed E-state index contributed by atoms with van der Waals surface area (Å²) < 4.78 is 79.9. The molecule has 1 aromatic carbocycles. The topological polar surface area (TPSA) is 40.5 Å². The van der Waals surface area contributed by atoms with Gasteiger partial charge in [-0.25, -0.2) is 0 Å². The first kappa shape index (κ1) is 23.8. The molecule has 0 aromatic heterocycles. The maximum atomic E-state index is 13.3. The van der Waals surface area contributed by atoms with Gasteiger partial charge >= 0.3 is 12.4 Å². The number of rotatable bonds is 10. The molecule has 0 heterocycles. The lowest BCUT2D eigenvalue weighted by atomic mass is 9.76. The lowest BCUT2D eigenvalue weighted by Gasteiger charge is -2.41. The van der Waals surface area contributed by atoms with E-state index in [9.17, 15) is 36.6 Å². The van der Waals surface area contributed by atoms with Crippen molar-refractivity contribution in [3.05, 3.63) is 35.9 Å². The summed E-state index contributed by atoms with van der Waals surface area (Å²) in [5, 5.41) is 20.1. The van der Waals surface area contributed by atoms with Gasteiger partial charge in [0.15, 0.2) is 0 Å². The number of halogens is 6. The highest BCUT2D eigenvalue weighted by Gasteiger charge is 2.74. The zero-order chi connectivity index (χ0) is 20.7. The van der Waals surface area contributed by atoms with E-state index in [1.807, 2.05) is 6.92 Å². The minimum Gasteiger partial charge on any atom is -0.388 e. The predicted octanol–water partition coefficient (Wildman–Crippen LogP) is 5.94. The Morgan fingerprint density at radius 3 is 1.78 bits per heavy atom. The summed E-state index contributed by atoms with van der Waals surface area (Å²) in [5.41, 5.74) is -5.08. The van der Waals surface area contributed by atoms with Crippen LogP contribution < -0.4 is 0 Å². The van der Waals surface area contributed by atoms with Gasteiger partial charge in [-0.05, 0) is 12.0 Å². The van der Waals surface area contributed by atoms with Gasteiger partial charge < -0.3 is 10.2 Å². The quantitative estimate of drug-likeness (QED) is 0.377. The van der Waals surface area contributed by atoms with Crippen molar-refractivity contribution in [2.45, 2.75) is 75.9 Å². The van der Waals surface area contributed by atoms with E-state index < -0.39 is 36.4 Å². The van der Waals surface area contributed by atoms with Crippen LogP contribution in [0.5, 0.6) is 0 Å². The third kappa shape index (κ3) is 5.85. The number of alkyl halides is 6. The van der Waals surface area contributed by atoms with E-state index in [0.717, 1.165) is 19.3 Å². The molecule has 2 nitrogen and oxygen atoms in total. The van der Waals surface area contributed by atoms with E-state index in [4.69, 9.17) is 0 Å². The normalized spacial score (nSPS) is 15.6.